The lowest BCUT2D eigenvalue weighted by atomic mass is 9.85. The Morgan fingerprint density at radius 2 is 1.86 bits per heavy atom. The number of hydrogen-bond acceptors (Lipinski definition) is 5. The third-order valence-electron chi connectivity index (χ3n) is 4.65. The maximum atomic E-state index is 12.2. The van der Waals surface area contributed by atoms with Crippen LogP contribution in [0.5, 0.6) is 0 Å². The molecule has 22 heavy (non-hydrogen) atoms. The van der Waals surface area contributed by atoms with E-state index in [0.29, 0.717) is 18.4 Å². The van der Waals surface area contributed by atoms with Crippen molar-refractivity contribution in [2.75, 3.05) is 0 Å². The Balaban J connectivity index is 1.67. The molecular formula is C16H21NO4S. The summed E-state index contributed by atoms with van der Waals surface area (Å²) in [5.74, 6) is -0.219. The molecule has 1 aromatic rings. The fourth-order valence-electron chi connectivity index (χ4n) is 3.42. The van der Waals surface area contributed by atoms with Crippen LogP contribution in [0.3, 0.4) is 0 Å². The largest absolute Gasteiger partial charge is 0.341 e. The van der Waals surface area contributed by atoms with Crippen molar-refractivity contribution in [2.45, 2.75) is 56.0 Å². The zero-order valence-electron chi connectivity index (χ0n) is 12.6. The third kappa shape index (κ3) is 3.17. The second-order valence-electron chi connectivity index (χ2n) is 6.28. The summed E-state index contributed by atoms with van der Waals surface area (Å²) >= 11 is 0. The van der Waals surface area contributed by atoms with Crippen LogP contribution in [0.25, 0.3) is 0 Å². The second-order valence-corrected chi connectivity index (χ2v) is 7.82. The van der Waals surface area contributed by atoms with Gasteiger partial charge in [0, 0.05) is 6.04 Å². The van der Waals surface area contributed by atoms with Crippen molar-refractivity contribution in [1.29, 1.82) is 0 Å². The number of carbonyl (C=O) groups is 1. The van der Waals surface area contributed by atoms with Crippen LogP contribution in [0.1, 0.15) is 37.7 Å². The molecule has 1 saturated carbocycles. The van der Waals surface area contributed by atoms with Gasteiger partial charge in [-0.1, -0.05) is 30.5 Å². The quantitative estimate of drug-likeness (QED) is 0.863. The van der Waals surface area contributed by atoms with E-state index in [4.69, 9.17) is 4.18 Å². The second kappa shape index (κ2) is 6.01. The highest BCUT2D eigenvalue weighted by molar-refractivity contribution is 7.87. The maximum Gasteiger partial charge on any atom is 0.341 e. The van der Waals surface area contributed by atoms with Crippen LogP contribution in [0, 0.1) is 12.8 Å². The number of rotatable bonds is 3. The summed E-state index contributed by atoms with van der Waals surface area (Å²) in [4.78, 5) is 12.2. The van der Waals surface area contributed by atoms with E-state index >= 15 is 0 Å². The molecule has 1 aliphatic carbocycles. The number of benzene rings is 1. The Kier molecular flexibility index (Phi) is 4.23. The normalized spacial score (nSPS) is 28.1. The van der Waals surface area contributed by atoms with E-state index in [1.165, 1.54) is 18.6 Å². The van der Waals surface area contributed by atoms with Gasteiger partial charge in [0.1, 0.15) is 10.9 Å². The molecule has 0 aromatic heterocycles. The summed E-state index contributed by atoms with van der Waals surface area (Å²) in [6, 6.07) is 6.10. The molecule has 3 atom stereocenters. The summed E-state index contributed by atoms with van der Waals surface area (Å²) in [5, 5.41) is 3.24. The standard InChI is InChI=1S/C16H21NO4S/c1-11-6-8-13(9-7-11)22(19,20)21-16(18)15-10-12-4-2-3-5-14(12)17-15/h6-9,12,14-15,17H,2-5,10H2,1H3/t12-,14-,15-/m0/s1. The fraction of sp³-hybridized carbons (Fsp3) is 0.562. The molecule has 6 heteroatoms. The highest BCUT2D eigenvalue weighted by Crippen LogP contribution is 2.33. The van der Waals surface area contributed by atoms with Gasteiger partial charge in [0.2, 0.25) is 0 Å². The fourth-order valence-corrected chi connectivity index (χ4v) is 4.32. The molecule has 0 radical (unpaired) electrons. The topological polar surface area (TPSA) is 72.5 Å². The molecule has 120 valence electrons. The minimum atomic E-state index is -4.04. The first-order valence-electron chi connectivity index (χ1n) is 7.77. The average Bonchev–Trinajstić information content (AvgIpc) is 2.91. The van der Waals surface area contributed by atoms with Gasteiger partial charge in [-0.05, 0) is 44.2 Å². The Labute approximate surface area is 131 Å². The van der Waals surface area contributed by atoms with E-state index < -0.39 is 22.1 Å². The van der Waals surface area contributed by atoms with Gasteiger partial charge in [0.25, 0.3) is 0 Å². The van der Waals surface area contributed by atoms with Gasteiger partial charge in [0.05, 0.1) is 0 Å². The molecule has 1 aliphatic heterocycles. The average molecular weight is 323 g/mol. The molecule has 1 N–H and O–H groups in total. The van der Waals surface area contributed by atoms with Crippen molar-refractivity contribution in [1.82, 2.24) is 5.32 Å². The van der Waals surface area contributed by atoms with Crippen molar-refractivity contribution in [3.63, 3.8) is 0 Å². The molecule has 5 nitrogen and oxygen atoms in total. The van der Waals surface area contributed by atoms with Crippen molar-refractivity contribution < 1.29 is 17.4 Å². The van der Waals surface area contributed by atoms with Crippen LogP contribution < -0.4 is 5.32 Å². The summed E-state index contributed by atoms with van der Waals surface area (Å²) < 4.78 is 29.1. The van der Waals surface area contributed by atoms with Gasteiger partial charge in [0.15, 0.2) is 0 Å². The number of hydrogen-bond donors (Lipinski definition) is 1. The van der Waals surface area contributed by atoms with Gasteiger partial charge >= 0.3 is 16.1 Å². The zero-order chi connectivity index (χ0) is 15.7. The summed E-state index contributed by atoms with van der Waals surface area (Å²) in [5.41, 5.74) is 0.951. The molecule has 2 aliphatic rings. The minimum Gasteiger partial charge on any atom is -0.341 e. The van der Waals surface area contributed by atoms with Gasteiger partial charge < -0.3 is 9.50 Å². The first kappa shape index (κ1) is 15.5. The van der Waals surface area contributed by atoms with Gasteiger partial charge in [-0.3, -0.25) is 0 Å². The van der Waals surface area contributed by atoms with Crippen LogP contribution in [-0.2, 0) is 19.1 Å². The molecule has 0 unspecified atom stereocenters. The zero-order valence-corrected chi connectivity index (χ0v) is 13.4. The molecule has 3 rings (SSSR count). The number of nitrogens with one attached hydrogen (secondary N) is 1. The van der Waals surface area contributed by atoms with Crippen LogP contribution in [0.4, 0.5) is 0 Å². The predicted octanol–water partition coefficient (Wildman–Crippen LogP) is 2.15. The minimum absolute atomic E-state index is 0.0156. The van der Waals surface area contributed by atoms with E-state index in [1.807, 2.05) is 6.92 Å². The summed E-state index contributed by atoms with van der Waals surface area (Å²) in [7, 11) is -4.04. The monoisotopic (exact) mass is 323 g/mol. The van der Waals surface area contributed by atoms with E-state index in [1.54, 1.807) is 12.1 Å². The molecule has 0 bridgehead atoms. The van der Waals surface area contributed by atoms with Crippen LogP contribution in [0.2, 0.25) is 0 Å². The number of aryl methyl sites for hydroxylation is 1. The van der Waals surface area contributed by atoms with Crippen LogP contribution >= 0.6 is 0 Å². The van der Waals surface area contributed by atoms with E-state index in [9.17, 15) is 13.2 Å². The lowest BCUT2D eigenvalue weighted by Gasteiger charge is -2.24. The van der Waals surface area contributed by atoms with Crippen LogP contribution in [-0.4, -0.2) is 26.5 Å². The maximum absolute atomic E-state index is 12.2. The Morgan fingerprint density at radius 3 is 2.55 bits per heavy atom. The molecule has 1 aromatic carbocycles. The van der Waals surface area contributed by atoms with E-state index in [-0.39, 0.29) is 4.90 Å². The highest BCUT2D eigenvalue weighted by atomic mass is 32.2. The van der Waals surface area contributed by atoms with Gasteiger partial charge in [-0.15, -0.1) is 0 Å². The first-order valence-corrected chi connectivity index (χ1v) is 9.17. The van der Waals surface area contributed by atoms with Crippen molar-refractivity contribution in [3.8, 4) is 0 Å². The van der Waals surface area contributed by atoms with Crippen molar-refractivity contribution in [2.24, 2.45) is 5.92 Å². The summed E-state index contributed by atoms with van der Waals surface area (Å²) in [6.07, 6.45) is 5.18. The first-order chi connectivity index (χ1) is 10.5. The number of fused-ring (bicyclic) bond motifs is 1. The van der Waals surface area contributed by atoms with E-state index in [0.717, 1.165) is 24.8 Å². The SMILES string of the molecule is Cc1ccc(S(=O)(=O)OC(=O)[C@@H]2C[C@@H]3CCCC[C@@H]3N2)cc1. The van der Waals surface area contributed by atoms with Gasteiger partial charge in [-0.25, -0.2) is 4.79 Å². The van der Waals surface area contributed by atoms with Crippen molar-refractivity contribution >= 4 is 16.1 Å². The summed E-state index contributed by atoms with van der Waals surface area (Å²) in [6.45, 7) is 1.87. The molecular weight excluding hydrogens is 302 g/mol. The molecule has 0 amide bonds. The van der Waals surface area contributed by atoms with Gasteiger partial charge in [-0.2, -0.15) is 8.42 Å². The lowest BCUT2D eigenvalue weighted by Crippen LogP contribution is -2.38. The third-order valence-corrected chi connectivity index (χ3v) is 5.88. The number of carbonyl (C=O) groups excluding carboxylic acids is 1. The van der Waals surface area contributed by atoms with Crippen molar-refractivity contribution in [3.05, 3.63) is 29.8 Å². The molecule has 1 heterocycles. The Bertz CT molecular complexity index is 639. The molecule has 1 saturated heterocycles. The Morgan fingerprint density at radius 1 is 1.18 bits per heavy atom. The lowest BCUT2D eigenvalue weighted by molar-refractivity contribution is -0.135. The molecule has 0 spiro atoms. The van der Waals surface area contributed by atoms with Crippen LogP contribution in [0.15, 0.2) is 29.2 Å². The Hall–Kier alpha value is -1.40. The van der Waals surface area contributed by atoms with E-state index in [2.05, 4.69) is 5.32 Å². The molecule has 2 fully saturated rings. The predicted molar refractivity (Wildman–Crippen MR) is 81.7 cm³/mol. The highest BCUT2D eigenvalue weighted by Gasteiger charge is 2.40. The smallest absolute Gasteiger partial charge is 0.341 e.